The molecule has 0 saturated carbocycles. The van der Waals surface area contributed by atoms with E-state index in [1.807, 2.05) is 24.3 Å². The minimum Gasteiger partial charge on any atom is -0.391 e. The van der Waals surface area contributed by atoms with Crippen LogP contribution in [0.5, 0.6) is 0 Å². The molecule has 3 heteroatoms. The fourth-order valence-corrected chi connectivity index (χ4v) is 2.90. The van der Waals surface area contributed by atoms with Crippen LogP contribution < -0.4 is 0 Å². The fourth-order valence-electron chi connectivity index (χ4n) is 2.90. The summed E-state index contributed by atoms with van der Waals surface area (Å²) in [6.07, 6.45) is 1.74. The van der Waals surface area contributed by atoms with Crippen LogP contribution >= 0.6 is 0 Å². The molecule has 1 heterocycles. The van der Waals surface area contributed by atoms with Crippen LogP contribution in [0, 0.1) is 0 Å². The smallest absolute Gasteiger partial charge is 0.227 e. The maximum atomic E-state index is 12.4. The van der Waals surface area contributed by atoms with Crippen molar-refractivity contribution >= 4 is 16.7 Å². The third-order valence-electron chi connectivity index (χ3n) is 3.97. The van der Waals surface area contributed by atoms with Crippen molar-refractivity contribution in [1.29, 1.82) is 0 Å². The molecule has 20 heavy (non-hydrogen) atoms. The molecule has 104 valence electrons. The molecule has 1 aliphatic rings. The second-order valence-corrected chi connectivity index (χ2v) is 5.45. The van der Waals surface area contributed by atoms with Gasteiger partial charge >= 0.3 is 0 Å². The molecule has 1 saturated heterocycles. The number of nitrogens with zero attached hydrogens (tertiary/aromatic N) is 1. The molecular formula is C17H19NO2. The van der Waals surface area contributed by atoms with Crippen molar-refractivity contribution in [2.24, 2.45) is 0 Å². The summed E-state index contributed by atoms with van der Waals surface area (Å²) in [5.41, 5.74) is 1.06. The van der Waals surface area contributed by atoms with Gasteiger partial charge in [-0.05, 0) is 29.2 Å². The van der Waals surface area contributed by atoms with Gasteiger partial charge < -0.3 is 10.0 Å². The summed E-state index contributed by atoms with van der Waals surface area (Å²) >= 11 is 0. The zero-order chi connectivity index (χ0) is 13.9. The molecule has 3 rings (SSSR count). The first-order chi connectivity index (χ1) is 9.74. The van der Waals surface area contributed by atoms with E-state index in [0.29, 0.717) is 13.0 Å². The lowest BCUT2D eigenvalue weighted by atomic mass is 10.0. The summed E-state index contributed by atoms with van der Waals surface area (Å²) in [7, 11) is 0. The third-order valence-corrected chi connectivity index (χ3v) is 3.97. The lowest BCUT2D eigenvalue weighted by Gasteiger charge is -2.30. The van der Waals surface area contributed by atoms with Gasteiger partial charge in [0.1, 0.15) is 0 Å². The van der Waals surface area contributed by atoms with Crippen LogP contribution in [0.3, 0.4) is 0 Å². The minimum atomic E-state index is -0.361. The number of rotatable bonds is 2. The van der Waals surface area contributed by atoms with E-state index in [1.165, 1.54) is 0 Å². The SMILES string of the molecule is O=C(Cc1cccc2ccccc12)N1CCCC(O)C1. The zero-order valence-electron chi connectivity index (χ0n) is 11.5. The predicted molar refractivity (Wildman–Crippen MR) is 79.5 cm³/mol. The number of hydrogen-bond donors (Lipinski definition) is 1. The highest BCUT2D eigenvalue weighted by atomic mass is 16.3. The number of aliphatic hydroxyl groups excluding tert-OH is 1. The van der Waals surface area contributed by atoms with Gasteiger partial charge in [-0.1, -0.05) is 42.5 Å². The van der Waals surface area contributed by atoms with Crippen LogP contribution in [0.25, 0.3) is 10.8 Å². The summed E-state index contributed by atoms with van der Waals surface area (Å²) in [4.78, 5) is 14.2. The highest BCUT2D eigenvalue weighted by molar-refractivity contribution is 5.90. The van der Waals surface area contributed by atoms with Crippen molar-refractivity contribution in [2.75, 3.05) is 13.1 Å². The monoisotopic (exact) mass is 269 g/mol. The Balaban J connectivity index is 1.80. The van der Waals surface area contributed by atoms with Gasteiger partial charge in [-0.3, -0.25) is 4.79 Å². The Morgan fingerprint density at radius 2 is 2.00 bits per heavy atom. The highest BCUT2D eigenvalue weighted by Gasteiger charge is 2.22. The Morgan fingerprint density at radius 1 is 1.20 bits per heavy atom. The molecule has 1 N–H and O–H groups in total. The number of benzene rings is 2. The first-order valence-electron chi connectivity index (χ1n) is 7.16. The van der Waals surface area contributed by atoms with Crippen LogP contribution in [0.4, 0.5) is 0 Å². The lowest BCUT2D eigenvalue weighted by molar-refractivity contribution is -0.133. The van der Waals surface area contributed by atoms with Crippen molar-refractivity contribution in [2.45, 2.75) is 25.4 Å². The largest absolute Gasteiger partial charge is 0.391 e. The third kappa shape index (κ3) is 2.68. The maximum Gasteiger partial charge on any atom is 0.227 e. The van der Waals surface area contributed by atoms with Gasteiger partial charge in [0.25, 0.3) is 0 Å². The molecule has 0 spiro atoms. The Labute approximate surface area is 118 Å². The number of piperidine rings is 1. The van der Waals surface area contributed by atoms with E-state index in [-0.39, 0.29) is 12.0 Å². The summed E-state index contributed by atoms with van der Waals surface area (Å²) in [6.45, 7) is 1.24. The van der Waals surface area contributed by atoms with E-state index in [1.54, 1.807) is 4.90 Å². The van der Waals surface area contributed by atoms with Crippen molar-refractivity contribution in [1.82, 2.24) is 4.90 Å². The molecule has 0 aliphatic carbocycles. The summed E-state index contributed by atoms with van der Waals surface area (Å²) in [6, 6.07) is 14.2. The summed E-state index contributed by atoms with van der Waals surface area (Å²) in [5, 5.41) is 12.0. The number of aliphatic hydroxyl groups is 1. The van der Waals surface area contributed by atoms with Crippen LogP contribution in [-0.2, 0) is 11.2 Å². The van der Waals surface area contributed by atoms with E-state index in [0.717, 1.165) is 35.7 Å². The topological polar surface area (TPSA) is 40.5 Å². The molecule has 0 radical (unpaired) electrons. The number of carbonyl (C=O) groups excluding carboxylic acids is 1. The maximum absolute atomic E-state index is 12.4. The van der Waals surface area contributed by atoms with Crippen LogP contribution in [-0.4, -0.2) is 35.1 Å². The molecule has 1 unspecified atom stereocenters. The van der Waals surface area contributed by atoms with E-state index in [4.69, 9.17) is 0 Å². The minimum absolute atomic E-state index is 0.111. The normalized spacial score (nSPS) is 19.2. The summed E-state index contributed by atoms with van der Waals surface area (Å²) in [5.74, 6) is 0.111. The molecule has 1 amide bonds. The molecule has 1 aliphatic heterocycles. The lowest BCUT2D eigenvalue weighted by Crippen LogP contribution is -2.42. The Morgan fingerprint density at radius 3 is 2.85 bits per heavy atom. The first-order valence-corrected chi connectivity index (χ1v) is 7.16. The van der Waals surface area contributed by atoms with Gasteiger partial charge in [-0.25, -0.2) is 0 Å². The molecule has 3 nitrogen and oxygen atoms in total. The Kier molecular flexibility index (Phi) is 3.70. The second kappa shape index (κ2) is 5.63. The van der Waals surface area contributed by atoms with Crippen molar-refractivity contribution in [3.63, 3.8) is 0 Å². The van der Waals surface area contributed by atoms with E-state index in [2.05, 4.69) is 18.2 Å². The number of hydrogen-bond acceptors (Lipinski definition) is 2. The van der Waals surface area contributed by atoms with Crippen LogP contribution in [0.15, 0.2) is 42.5 Å². The number of β-amino-alcohol motifs (C(OH)–C–C–N with tert-alkyl or cyclic N) is 1. The van der Waals surface area contributed by atoms with Crippen molar-refractivity contribution < 1.29 is 9.90 Å². The summed E-state index contributed by atoms with van der Waals surface area (Å²) < 4.78 is 0. The molecular weight excluding hydrogens is 250 g/mol. The number of amides is 1. The van der Waals surface area contributed by atoms with Crippen molar-refractivity contribution in [3.8, 4) is 0 Å². The van der Waals surface area contributed by atoms with Gasteiger partial charge in [-0.15, -0.1) is 0 Å². The number of fused-ring (bicyclic) bond motifs is 1. The molecule has 1 fully saturated rings. The molecule has 1 atom stereocenters. The molecule has 2 aromatic carbocycles. The van der Waals surface area contributed by atoms with Crippen LogP contribution in [0.1, 0.15) is 18.4 Å². The van der Waals surface area contributed by atoms with Crippen LogP contribution in [0.2, 0.25) is 0 Å². The quantitative estimate of drug-likeness (QED) is 0.909. The number of carbonyl (C=O) groups is 1. The fraction of sp³-hybridized carbons (Fsp3) is 0.353. The van der Waals surface area contributed by atoms with Crippen molar-refractivity contribution in [3.05, 3.63) is 48.0 Å². The molecule has 0 bridgehead atoms. The average molecular weight is 269 g/mol. The van der Waals surface area contributed by atoms with E-state index in [9.17, 15) is 9.90 Å². The Hall–Kier alpha value is -1.87. The first kappa shape index (κ1) is 13.1. The average Bonchev–Trinajstić information content (AvgIpc) is 2.47. The van der Waals surface area contributed by atoms with E-state index < -0.39 is 0 Å². The second-order valence-electron chi connectivity index (χ2n) is 5.45. The van der Waals surface area contributed by atoms with Gasteiger partial charge in [0.15, 0.2) is 0 Å². The molecule has 0 aromatic heterocycles. The van der Waals surface area contributed by atoms with Gasteiger partial charge in [-0.2, -0.15) is 0 Å². The zero-order valence-corrected chi connectivity index (χ0v) is 11.5. The highest BCUT2D eigenvalue weighted by Crippen LogP contribution is 2.20. The standard InChI is InChI=1S/C17H19NO2/c19-15-8-4-10-18(12-15)17(20)11-14-7-3-6-13-5-1-2-9-16(13)14/h1-3,5-7,9,15,19H,4,8,10-12H2. The Bertz CT molecular complexity index is 618. The van der Waals surface area contributed by atoms with Gasteiger partial charge in [0.2, 0.25) is 5.91 Å². The molecule has 2 aromatic rings. The predicted octanol–water partition coefficient (Wildman–Crippen LogP) is 2.37. The van der Waals surface area contributed by atoms with Gasteiger partial charge in [0, 0.05) is 13.1 Å². The number of likely N-dealkylation sites (tertiary alicyclic amines) is 1. The van der Waals surface area contributed by atoms with Gasteiger partial charge in [0.05, 0.1) is 12.5 Å². The van der Waals surface area contributed by atoms with E-state index >= 15 is 0 Å².